The summed E-state index contributed by atoms with van der Waals surface area (Å²) in [5.74, 6) is -0.272. The molecule has 0 aliphatic rings. The Balaban J connectivity index is 2.19. The van der Waals surface area contributed by atoms with E-state index < -0.39 is 16.0 Å². The zero-order valence-electron chi connectivity index (χ0n) is 11.9. The molecule has 0 radical (unpaired) electrons. The van der Waals surface area contributed by atoms with Crippen molar-refractivity contribution in [3.05, 3.63) is 54.0 Å². The SMILES string of the molecule is CC(C)Cc1ccc(S(=O)(=O)Nc2cccc(F)n2)cc1. The molecule has 0 fully saturated rings. The van der Waals surface area contributed by atoms with Crippen LogP contribution in [0.1, 0.15) is 19.4 Å². The molecule has 0 aliphatic heterocycles. The molecular weight excluding hydrogens is 291 g/mol. The summed E-state index contributed by atoms with van der Waals surface area (Å²) in [7, 11) is -3.75. The molecule has 2 rings (SSSR count). The molecule has 0 unspecified atom stereocenters. The van der Waals surface area contributed by atoms with Gasteiger partial charge in [-0.2, -0.15) is 4.39 Å². The largest absolute Gasteiger partial charge is 0.263 e. The Morgan fingerprint density at radius 3 is 2.38 bits per heavy atom. The van der Waals surface area contributed by atoms with E-state index in [1.54, 1.807) is 24.3 Å². The standard InChI is InChI=1S/C15H17FN2O2S/c1-11(2)10-12-6-8-13(9-7-12)21(19,20)18-15-5-3-4-14(16)17-15/h3-9,11H,10H2,1-2H3,(H,17,18). The highest BCUT2D eigenvalue weighted by atomic mass is 32.2. The number of aromatic nitrogens is 1. The van der Waals surface area contributed by atoms with E-state index in [1.807, 2.05) is 0 Å². The molecule has 0 saturated carbocycles. The number of nitrogens with one attached hydrogen (secondary N) is 1. The number of hydrogen-bond acceptors (Lipinski definition) is 3. The number of benzene rings is 1. The average molecular weight is 308 g/mol. The van der Waals surface area contributed by atoms with Crippen molar-refractivity contribution in [2.45, 2.75) is 25.2 Å². The summed E-state index contributed by atoms with van der Waals surface area (Å²) in [6.45, 7) is 4.20. The highest BCUT2D eigenvalue weighted by Crippen LogP contribution is 2.16. The van der Waals surface area contributed by atoms with Gasteiger partial charge in [0.15, 0.2) is 0 Å². The summed E-state index contributed by atoms with van der Waals surface area (Å²) in [6, 6.07) is 10.6. The van der Waals surface area contributed by atoms with Crippen LogP contribution in [-0.2, 0) is 16.4 Å². The van der Waals surface area contributed by atoms with Gasteiger partial charge in [0, 0.05) is 0 Å². The lowest BCUT2D eigenvalue weighted by molar-refractivity contribution is 0.584. The molecule has 4 nitrogen and oxygen atoms in total. The van der Waals surface area contributed by atoms with Gasteiger partial charge in [-0.3, -0.25) is 4.72 Å². The van der Waals surface area contributed by atoms with Crippen molar-refractivity contribution in [2.75, 3.05) is 4.72 Å². The van der Waals surface area contributed by atoms with Crippen molar-refractivity contribution < 1.29 is 12.8 Å². The maximum atomic E-state index is 13.0. The Bertz CT molecular complexity index is 713. The van der Waals surface area contributed by atoms with Gasteiger partial charge in [0.25, 0.3) is 10.0 Å². The number of halogens is 1. The normalized spacial score (nSPS) is 11.6. The van der Waals surface area contributed by atoms with Crippen LogP contribution in [0.3, 0.4) is 0 Å². The number of rotatable bonds is 5. The summed E-state index contributed by atoms with van der Waals surface area (Å²) >= 11 is 0. The van der Waals surface area contributed by atoms with Crippen LogP contribution in [-0.4, -0.2) is 13.4 Å². The number of hydrogen-bond donors (Lipinski definition) is 1. The summed E-state index contributed by atoms with van der Waals surface area (Å²) in [4.78, 5) is 3.61. The first-order chi connectivity index (χ1) is 9.87. The Hall–Kier alpha value is -1.95. The second-order valence-electron chi connectivity index (χ2n) is 5.19. The van der Waals surface area contributed by atoms with Crippen LogP contribution in [0.25, 0.3) is 0 Å². The first kappa shape index (κ1) is 15.4. The van der Waals surface area contributed by atoms with Crippen molar-refractivity contribution in [1.29, 1.82) is 0 Å². The van der Waals surface area contributed by atoms with E-state index in [1.165, 1.54) is 12.1 Å². The number of pyridine rings is 1. The van der Waals surface area contributed by atoms with Gasteiger partial charge in [-0.05, 0) is 42.2 Å². The van der Waals surface area contributed by atoms with E-state index in [4.69, 9.17) is 0 Å². The van der Waals surface area contributed by atoms with E-state index in [2.05, 4.69) is 23.6 Å². The van der Waals surface area contributed by atoms with Crippen LogP contribution >= 0.6 is 0 Å². The van der Waals surface area contributed by atoms with E-state index in [0.717, 1.165) is 18.1 Å². The van der Waals surface area contributed by atoms with Crippen molar-refractivity contribution in [3.8, 4) is 0 Å². The molecule has 21 heavy (non-hydrogen) atoms. The van der Waals surface area contributed by atoms with E-state index >= 15 is 0 Å². The number of anilines is 1. The fourth-order valence-corrected chi connectivity index (χ4v) is 2.94. The molecule has 0 atom stereocenters. The molecule has 112 valence electrons. The van der Waals surface area contributed by atoms with Crippen molar-refractivity contribution in [3.63, 3.8) is 0 Å². The Kier molecular flexibility index (Phi) is 4.57. The first-order valence-corrected chi connectivity index (χ1v) is 8.09. The second kappa shape index (κ2) is 6.22. The molecule has 1 heterocycles. The zero-order valence-corrected chi connectivity index (χ0v) is 12.7. The van der Waals surface area contributed by atoms with Gasteiger partial charge in [0.05, 0.1) is 4.90 Å². The third kappa shape index (κ3) is 4.26. The lowest BCUT2D eigenvalue weighted by Gasteiger charge is -2.09. The Morgan fingerprint density at radius 2 is 1.81 bits per heavy atom. The monoisotopic (exact) mass is 308 g/mol. The highest BCUT2D eigenvalue weighted by molar-refractivity contribution is 7.92. The zero-order chi connectivity index (χ0) is 15.5. The molecule has 0 aliphatic carbocycles. The third-order valence-corrected chi connectivity index (χ3v) is 4.20. The van der Waals surface area contributed by atoms with Gasteiger partial charge in [-0.15, -0.1) is 0 Å². The summed E-state index contributed by atoms with van der Waals surface area (Å²) in [5, 5.41) is 0. The molecule has 0 amide bonds. The third-order valence-electron chi connectivity index (χ3n) is 2.83. The predicted molar refractivity (Wildman–Crippen MR) is 80.0 cm³/mol. The fourth-order valence-electron chi connectivity index (χ4n) is 1.94. The molecule has 0 saturated heterocycles. The van der Waals surface area contributed by atoms with Crippen LogP contribution in [0.15, 0.2) is 47.4 Å². The van der Waals surface area contributed by atoms with E-state index in [0.29, 0.717) is 5.92 Å². The molecule has 0 spiro atoms. The minimum Gasteiger partial charge on any atom is -0.263 e. The maximum Gasteiger partial charge on any atom is 0.263 e. The van der Waals surface area contributed by atoms with Crippen LogP contribution in [0.4, 0.5) is 10.2 Å². The predicted octanol–water partition coefficient (Wildman–Crippen LogP) is 3.22. The van der Waals surface area contributed by atoms with Crippen LogP contribution in [0.2, 0.25) is 0 Å². The lowest BCUT2D eigenvalue weighted by atomic mass is 10.0. The van der Waals surface area contributed by atoms with Gasteiger partial charge in [0.1, 0.15) is 5.82 Å². The van der Waals surface area contributed by atoms with Gasteiger partial charge >= 0.3 is 0 Å². The maximum absolute atomic E-state index is 13.0. The van der Waals surface area contributed by atoms with Gasteiger partial charge in [-0.1, -0.05) is 32.0 Å². The van der Waals surface area contributed by atoms with Crippen LogP contribution in [0, 0.1) is 11.9 Å². The second-order valence-corrected chi connectivity index (χ2v) is 6.88. The van der Waals surface area contributed by atoms with Crippen LogP contribution < -0.4 is 4.72 Å². The number of nitrogens with zero attached hydrogens (tertiary/aromatic N) is 1. The van der Waals surface area contributed by atoms with Crippen molar-refractivity contribution in [1.82, 2.24) is 4.98 Å². The average Bonchev–Trinajstić information content (AvgIpc) is 2.38. The minimum absolute atomic E-state index is 0.0405. The Labute approximate surface area is 124 Å². The summed E-state index contributed by atoms with van der Waals surface area (Å²) in [5.41, 5.74) is 1.08. The molecule has 1 aromatic heterocycles. The Morgan fingerprint density at radius 1 is 1.14 bits per heavy atom. The summed E-state index contributed by atoms with van der Waals surface area (Å²) in [6.07, 6.45) is 0.888. The molecule has 1 N–H and O–H groups in total. The summed E-state index contributed by atoms with van der Waals surface area (Å²) < 4.78 is 39.6. The topological polar surface area (TPSA) is 59.1 Å². The van der Waals surface area contributed by atoms with Gasteiger partial charge in [-0.25, -0.2) is 13.4 Å². The molecular formula is C15H17FN2O2S. The van der Waals surface area contributed by atoms with Crippen molar-refractivity contribution >= 4 is 15.8 Å². The van der Waals surface area contributed by atoms with Crippen LogP contribution in [0.5, 0.6) is 0 Å². The molecule has 0 bridgehead atoms. The lowest BCUT2D eigenvalue weighted by Crippen LogP contribution is -2.14. The smallest absolute Gasteiger partial charge is 0.263 e. The minimum atomic E-state index is -3.75. The van der Waals surface area contributed by atoms with E-state index in [-0.39, 0.29) is 10.7 Å². The fraction of sp³-hybridized carbons (Fsp3) is 0.267. The van der Waals surface area contributed by atoms with Gasteiger partial charge in [0.2, 0.25) is 5.95 Å². The first-order valence-electron chi connectivity index (χ1n) is 6.61. The molecule has 1 aromatic carbocycles. The molecule has 2 aromatic rings. The highest BCUT2D eigenvalue weighted by Gasteiger charge is 2.15. The van der Waals surface area contributed by atoms with Crippen molar-refractivity contribution in [2.24, 2.45) is 5.92 Å². The van der Waals surface area contributed by atoms with E-state index in [9.17, 15) is 12.8 Å². The quantitative estimate of drug-likeness (QED) is 0.863. The van der Waals surface area contributed by atoms with Gasteiger partial charge < -0.3 is 0 Å². The number of sulfonamides is 1. The molecule has 6 heteroatoms.